The summed E-state index contributed by atoms with van der Waals surface area (Å²) in [7, 11) is 0. The van der Waals surface area contributed by atoms with Crippen LogP contribution >= 0.6 is 0 Å². The SMILES string of the molecule is CCCCC(O)N(Cc1ccccc1)C(=O)OCc1ccccc1. The molecule has 0 aromatic heterocycles. The van der Waals surface area contributed by atoms with E-state index in [1.54, 1.807) is 0 Å². The van der Waals surface area contributed by atoms with Crippen LogP contribution in [0.2, 0.25) is 0 Å². The molecule has 2 aromatic rings. The lowest BCUT2D eigenvalue weighted by Gasteiger charge is -2.27. The maximum absolute atomic E-state index is 12.5. The number of ether oxygens (including phenoxy) is 1. The number of carbonyl (C=O) groups excluding carboxylic acids is 1. The van der Waals surface area contributed by atoms with Crippen LogP contribution in [0.25, 0.3) is 0 Å². The van der Waals surface area contributed by atoms with E-state index in [1.807, 2.05) is 60.7 Å². The second-order valence-electron chi connectivity index (χ2n) is 5.78. The van der Waals surface area contributed by atoms with Crippen LogP contribution in [0.1, 0.15) is 37.3 Å². The van der Waals surface area contributed by atoms with Crippen LogP contribution in [-0.4, -0.2) is 22.3 Å². The Morgan fingerprint density at radius 3 is 2.21 bits per heavy atom. The van der Waals surface area contributed by atoms with Gasteiger partial charge in [0.15, 0.2) is 0 Å². The maximum atomic E-state index is 12.5. The Balaban J connectivity index is 2.01. The number of unbranched alkanes of at least 4 members (excludes halogenated alkanes) is 1. The Labute approximate surface area is 143 Å². The number of hydrogen-bond donors (Lipinski definition) is 1. The molecule has 4 heteroatoms. The Morgan fingerprint density at radius 1 is 1.04 bits per heavy atom. The molecule has 1 atom stereocenters. The zero-order valence-electron chi connectivity index (χ0n) is 14.1. The molecule has 4 nitrogen and oxygen atoms in total. The van der Waals surface area contributed by atoms with Crippen molar-refractivity contribution in [3.05, 3.63) is 71.8 Å². The monoisotopic (exact) mass is 327 g/mol. The smallest absolute Gasteiger partial charge is 0.412 e. The zero-order chi connectivity index (χ0) is 17.2. The van der Waals surface area contributed by atoms with Gasteiger partial charge in [0, 0.05) is 0 Å². The number of nitrogens with zero attached hydrogens (tertiary/aromatic N) is 1. The van der Waals surface area contributed by atoms with Crippen molar-refractivity contribution in [2.24, 2.45) is 0 Å². The summed E-state index contributed by atoms with van der Waals surface area (Å²) in [5.74, 6) is 0. The van der Waals surface area contributed by atoms with E-state index in [0.29, 0.717) is 13.0 Å². The van der Waals surface area contributed by atoms with Crippen LogP contribution < -0.4 is 0 Å². The van der Waals surface area contributed by atoms with Gasteiger partial charge in [-0.3, -0.25) is 4.90 Å². The molecule has 0 aliphatic rings. The van der Waals surface area contributed by atoms with Crippen molar-refractivity contribution in [1.82, 2.24) is 4.90 Å². The van der Waals surface area contributed by atoms with Crippen LogP contribution in [0.3, 0.4) is 0 Å². The largest absolute Gasteiger partial charge is 0.444 e. The van der Waals surface area contributed by atoms with Crippen LogP contribution in [0, 0.1) is 0 Å². The van der Waals surface area contributed by atoms with E-state index in [9.17, 15) is 9.90 Å². The molecule has 0 saturated heterocycles. The normalized spacial score (nSPS) is 11.8. The lowest BCUT2D eigenvalue weighted by molar-refractivity contribution is -0.0129. The highest BCUT2D eigenvalue weighted by Crippen LogP contribution is 2.14. The molecule has 1 N–H and O–H groups in total. The number of aliphatic hydroxyl groups is 1. The van der Waals surface area contributed by atoms with Gasteiger partial charge in [-0.1, -0.05) is 74.0 Å². The van der Waals surface area contributed by atoms with Crippen molar-refractivity contribution in [3.63, 3.8) is 0 Å². The van der Waals surface area contributed by atoms with Gasteiger partial charge < -0.3 is 9.84 Å². The van der Waals surface area contributed by atoms with Crippen LogP contribution in [0.5, 0.6) is 0 Å². The Morgan fingerprint density at radius 2 is 1.62 bits per heavy atom. The second kappa shape index (κ2) is 9.73. The molecule has 0 bridgehead atoms. The van der Waals surface area contributed by atoms with Gasteiger partial charge in [-0.15, -0.1) is 0 Å². The molecule has 0 spiro atoms. The van der Waals surface area contributed by atoms with Gasteiger partial charge in [-0.25, -0.2) is 4.79 Å². The van der Waals surface area contributed by atoms with Gasteiger partial charge in [-0.05, 0) is 24.0 Å². The topological polar surface area (TPSA) is 49.8 Å². The molecule has 0 heterocycles. The molecule has 2 rings (SSSR count). The Hall–Kier alpha value is -2.33. The highest BCUT2D eigenvalue weighted by molar-refractivity contribution is 5.68. The average Bonchev–Trinajstić information content (AvgIpc) is 2.64. The molecule has 24 heavy (non-hydrogen) atoms. The van der Waals surface area contributed by atoms with Gasteiger partial charge in [0.25, 0.3) is 0 Å². The summed E-state index contributed by atoms with van der Waals surface area (Å²) in [6.07, 6.45) is 1.04. The molecular formula is C20H25NO3. The Kier molecular flexibility index (Phi) is 7.30. The predicted molar refractivity (Wildman–Crippen MR) is 94.1 cm³/mol. The summed E-state index contributed by atoms with van der Waals surface area (Å²) >= 11 is 0. The molecule has 0 saturated carbocycles. The number of carbonyl (C=O) groups is 1. The number of benzene rings is 2. The van der Waals surface area contributed by atoms with E-state index in [2.05, 4.69) is 6.92 Å². The fourth-order valence-electron chi connectivity index (χ4n) is 2.42. The summed E-state index contributed by atoms with van der Waals surface area (Å²) in [6, 6.07) is 19.2. The van der Waals surface area contributed by atoms with E-state index in [4.69, 9.17) is 4.74 Å². The van der Waals surface area contributed by atoms with Crippen molar-refractivity contribution < 1.29 is 14.6 Å². The molecule has 1 amide bonds. The molecule has 0 aliphatic carbocycles. The molecule has 1 unspecified atom stereocenters. The second-order valence-corrected chi connectivity index (χ2v) is 5.78. The molecule has 0 aliphatic heterocycles. The van der Waals surface area contributed by atoms with Gasteiger partial charge in [0.1, 0.15) is 12.8 Å². The van der Waals surface area contributed by atoms with Crippen molar-refractivity contribution in [2.75, 3.05) is 0 Å². The predicted octanol–water partition coefficient (Wildman–Crippen LogP) is 4.33. The quantitative estimate of drug-likeness (QED) is 0.734. The van der Waals surface area contributed by atoms with E-state index in [0.717, 1.165) is 24.0 Å². The first-order chi connectivity index (χ1) is 11.7. The van der Waals surface area contributed by atoms with Gasteiger partial charge in [0.05, 0.1) is 6.54 Å². The zero-order valence-corrected chi connectivity index (χ0v) is 14.1. The lowest BCUT2D eigenvalue weighted by Crippen LogP contribution is -2.40. The minimum absolute atomic E-state index is 0.200. The van der Waals surface area contributed by atoms with E-state index < -0.39 is 12.3 Å². The lowest BCUT2D eigenvalue weighted by atomic mass is 10.2. The first-order valence-corrected chi connectivity index (χ1v) is 8.40. The summed E-state index contributed by atoms with van der Waals surface area (Å²) < 4.78 is 5.39. The highest BCUT2D eigenvalue weighted by Gasteiger charge is 2.23. The average molecular weight is 327 g/mol. The summed E-state index contributed by atoms with van der Waals surface area (Å²) in [4.78, 5) is 13.9. The highest BCUT2D eigenvalue weighted by atomic mass is 16.6. The van der Waals surface area contributed by atoms with E-state index in [1.165, 1.54) is 4.90 Å². The maximum Gasteiger partial charge on any atom is 0.412 e. The summed E-state index contributed by atoms with van der Waals surface area (Å²) in [6.45, 7) is 2.59. The van der Waals surface area contributed by atoms with E-state index >= 15 is 0 Å². The van der Waals surface area contributed by atoms with Crippen molar-refractivity contribution >= 4 is 6.09 Å². The molecule has 0 radical (unpaired) electrons. The molecule has 128 valence electrons. The minimum Gasteiger partial charge on any atom is -0.444 e. The van der Waals surface area contributed by atoms with Crippen molar-refractivity contribution in [1.29, 1.82) is 0 Å². The van der Waals surface area contributed by atoms with Gasteiger partial charge >= 0.3 is 6.09 Å². The number of aliphatic hydroxyl groups excluding tert-OH is 1. The number of amides is 1. The standard InChI is InChI=1S/C20H25NO3/c1-2-3-14-19(22)21(15-17-10-6-4-7-11-17)20(23)24-16-18-12-8-5-9-13-18/h4-13,19,22H,2-3,14-16H2,1H3. The summed E-state index contributed by atoms with van der Waals surface area (Å²) in [5, 5.41) is 10.4. The third-order valence-electron chi connectivity index (χ3n) is 3.81. The van der Waals surface area contributed by atoms with Crippen LogP contribution in [-0.2, 0) is 17.9 Å². The Bertz CT molecular complexity index is 601. The first kappa shape index (κ1) is 18.0. The molecule has 2 aromatic carbocycles. The van der Waals surface area contributed by atoms with Crippen molar-refractivity contribution in [3.8, 4) is 0 Å². The fourth-order valence-corrected chi connectivity index (χ4v) is 2.42. The molecular weight excluding hydrogens is 302 g/mol. The van der Waals surface area contributed by atoms with Gasteiger partial charge in [0.2, 0.25) is 0 Å². The number of hydrogen-bond acceptors (Lipinski definition) is 3. The summed E-state index contributed by atoms with van der Waals surface area (Å²) in [5.41, 5.74) is 1.89. The molecule has 0 fully saturated rings. The number of rotatable bonds is 8. The van der Waals surface area contributed by atoms with Gasteiger partial charge in [-0.2, -0.15) is 0 Å². The third-order valence-corrected chi connectivity index (χ3v) is 3.81. The fraction of sp³-hybridized carbons (Fsp3) is 0.350. The van der Waals surface area contributed by atoms with Crippen molar-refractivity contribution in [2.45, 2.75) is 45.6 Å². The van der Waals surface area contributed by atoms with E-state index in [-0.39, 0.29) is 6.61 Å². The third kappa shape index (κ3) is 5.70. The first-order valence-electron chi connectivity index (χ1n) is 8.40. The van der Waals surface area contributed by atoms with Crippen LogP contribution in [0.4, 0.5) is 4.79 Å². The minimum atomic E-state index is -0.839. The van der Waals surface area contributed by atoms with Crippen LogP contribution in [0.15, 0.2) is 60.7 Å².